The van der Waals surface area contributed by atoms with Crippen LogP contribution in [-0.4, -0.2) is 40.3 Å². The van der Waals surface area contributed by atoms with Crippen molar-refractivity contribution in [1.29, 1.82) is 0 Å². The number of benzene rings is 2. The van der Waals surface area contributed by atoms with Crippen LogP contribution in [-0.2, 0) is 6.50 Å². The van der Waals surface area contributed by atoms with Gasteiger partial charge in [0.25, 0.3) is 5.91 Å². The predicted molar refractivity (Wildman–Crippen MR) is 101 cm³/mol. The number of rotatable bonds is 4. The summed E-state index contributed by atoms with van der Waals surface area (Å²) in [6, 6.07) is 1.66. The number of halogens is 3. The molecule has 4 rings (SSSR count). The van der Waals surface area contributed by atoms with E-state index in [0.717, 1.165) is 24.3 Å². The quantitative estimate of drug-likeness (QED) is 0.633. The van der Waals surface area contributed by atoms with Gasteiger partial charge in [-0.2, -0.15) is 0 Å². The number of alkyl halides is 3. The summed E-state index contributed by atoms with van der Waals surface area (Å²) in [5.41, 5.74) is -0.847. The number of hydrogen-bond donors (Lipinski definition) is 0. The van der Waals surface area contributed by atoms with Crippen molar-refractivity contribution in [2.75, 3.05) is 13.2 Å². The van der Waals surface area contributed by atoms with E-state index in [1.807, 2.05) is 0 Å². The standard InChI is InChI=1S/C21H16F3N3O3/c22-21(23,24)30-16-5-2-14(3-6-16)15-4-7-18-17(12-15)20(28)27(10-11-29-18)13-19-25-8-1-9-26-19/h1-9,12H,10-11,13H2/i1D,4D,7D,8D,9D,12D,13D2. The van der Waals surface area contributed by atoms with Gasteiger partial charge in [-0.25, -0.2) is 9.97 Å². The second-order valence-corrected chi connectivity index (χ2v) is 5.84. The highest BCUT2D eigenvalue weighted by atomic mass is 19.4. The molecular formula is C21H16F3N3O3. The molecule has 0 saturated carbocycles. The van der Waals surface area contributed by atoms with Gasteiger partial charge in [0.15, 0.2) is 0 Å². The summed E-state index contributed by atoms with van der Waals surface area (Å²) >= 11 is 0. The van der Waals surface area contributed by atoms with E-state index in [4.69, 9.17) is 15.7 Å². The molecule has 1 aromatic heterocycles. The number of aromatic nitrogens is 2. The van der Waals surface area contributed by atoms with Crippen LogP contribution in [0.4, 0.5) is 13.2 Å². The number of nitrogens with zero attached hydrogens (tertiary/aromatic N) is 3. The molecular weight excluding hydrogens is 399 g/mol. The van der Waals surface area contributed by atoms with Gasteiger partial charge in [-0.05, 0) is 41.4 Å². The molecule has 0 radical (unpaired) electrons. The molecule has 0 aliphatic carbocycles. The van der Waals surface area contributed by atoms with Gasteiger partial charge >= 0.3 is 6.36 Å². The molecule has 0 atom stereocenters. The molecule has 0 bridgehead atoms. The van der Waals surface area contributed by atoms with Crippen LogP contribution in [0.1, 0.15) is 27.1 Å². The predicted octanol–water partition coefficient (Wildman–Crippen LogP) is 4.08. The normalized spacial score (nSPS) is 18.2. The van der Waals surface area contributed by atoms with Crippen LogP contribution in [0.15, 0.2) is 60.8 Å². The molecule has 0 saturated heterocycles. The number of carbonyl (C=O) groups excluding carboxylic acids is 1. The van der Waals surface area contributed by atoms with E-state index in [9.17, 15) is 18.0 Å². The molecule has 1 amide bonds. The minimum absolute atomic E-state index is 0.0181. The summed E-state index contributed by atoms with van der Waals surface area (Å²) in [5.74, 6) is -2.92. The van der Waals surface area contributed by atoms with Gasteiger partial charge in [0.1, 0.15) is 23.9 Å². The molecule has 0 N–H and O–H groups in total. The van der Waals surface area contributed by atoms with Gasteiger partial charge in [0.05, 0.1) is 29.6 Å². The largest absolute Gasteiger partial charge is 0.573 e. The summed E-state index contributed by atoms with van der Waals surface area (Å²) in [6.45, 7) is -3.63. The van der Waals surface area contributed by atoms with Gasteiger partial charge in [0, 0.05) is 12.3 Å². The molecule has 0 fully saturated rings. The highest BCUT2D eigenvalue weighted by Crippen LogP contribution is 2.31. The van der Waals surface area contributed by atoms with Crippen molar-refractivity contribution in [3.05, 3.63) is 72.2 Å². The second-order valence-electron chi connectivity index (χ2n) is 5.84. The van der Waals surface area contributed by atoms with Crippen molar-refractivity contribution in [2.24, 2.45) is 0 Å². The average Bonchev–Trinajstić information content (AvgIpc) is 3.00. The van der Waals surface area contributed by atoms with Crippen molar-refractivity contribution in [3.8, 4) is 22.6 Å². The molecule has 6 nitrogen and oxygen atoms in total. The molecule has 1 aliphatic rings. The number of hydrogen-bond acceptors (Lipinski definition) is 5. The fourth-order valence-electron chi connectivity index (χ4n) is 2.59. The molecule has 9 heteroatoms. The lowest BCUT2D eigenvalue weighted by Gasteiger charge is -2.19. The summed E-state index contributed by atoms with van der Waals surface area (Å²) < 4.78 is 112. The van der Waals surface area contributed by atoms with Gasteiger partial charge in [0.2, 0.25) is 0 Å². The topological polar surface area (TPSA) is 64.6 Å². The van der Waals surface area contributed by atoms with Crippen LogP contribution in [0, 0.1) is 0 Å². The van der Waals surface area contributed by atoms with Crippen LogP contribution in [0.3, 0.4) is 0 Å². The zero-order valence-corrected chi connectivity index (χ0v) is 14.9. The number of ether oxygens (including phenoxy) is 2. The lowest BCUT2D eigenvalue weighted by molar-refractivity contribution is -0.274. The summed E-state index contributed by atoms with van der Waals surface area (Å²) in [5, 5.41) is 0. The fraction of sp³-hybridized carbons (Fsp3) is 0.190. The van der Waals surface area contributed by atoms with Crippen LogP contribution < -0.4 is 9.47 Å². The van der Waals surface area contributed by atoms with E-state index < -0.39 is 84.7 Å². The molecule has 30 heavy (non-hydrogen) atoms. The Morgan fingerprint density at radius 3 is 2.60 bits per heavy atom. The first-order valence-electron chi connectivity index (χ1n) is 12.4. The van der Waals surface area contributed by atoms with Crippen LogP contribution >= 0.6 is 0 Å². The highest BCUT2D eigenvalue weighted by Gasteiger charge is 2.31. The van der Waals surface area contributed by atoms with E-state index in [0.29, 0.717) is 4.90 Å². The van der Waals surface area contributed by atoms with Crippen LogP contribution in [0.5, 0.6) is 11.5 Å². The van der Waals surface area contributed by atoms with E-state index in [-0.39, 0.29) is 17.7 Å². The Morgan fingerprint density at radius 2 is 1.90 bits per heavy atom. The third-order valence-corrected chi connectivity index (χ3v) is 3.85. The maximum Gasteiger partial charge on any atom is 0.573 e. The SMILES string of the molecule is [2H]c1nc(C([2H])([2H])N2CCOc3c([2H])c([2H])c(-c4ccc(OC(F)(F)F)cc4)c([2H])c3C2=O)nc([2H])c1[2H]. The minimum Gasteiger partial charge on any atom is -0.491 e. The molecule has 0 spiro atoms. The van der Waals surface area contributed by atoms with E-state index in [2.05, 4.69) is 14.7 Å². The third kappa shape index (κ3) is 4.51. The van der Waals surface area contributed by atoms with Gasteiger partial charge in [-0.15, -0.1) is 13.2 Å². The van der Waals surface area contributed by atoms with Crippen molar-refractivity contribution >= 4 is 5.91 Å². The molecule has 154 valence electrons. The Hall–Kier alpha value is -3.62. The molecule has 1 aliphatic heterocycles. The van der Waals surface area contributed by atoms with Crippen molar-refractivity contribution in [1.82, 2.24) is 14.9 Å². The van der Waals surface area contributed by atoms with Gasteiger partial charge < -0.3 is 14.4 Å². The number of fused-ring (bicyclic) bond motifs is 1. The average molecular weight is 423 g/mol. The first kappa shape index (κ1) is 12.2. The first-order valence-corrected chi connectivity index (χ1v) is 8.40. The Kier molecular flexibility index (Phi) is 3.25. The maximum absolute atomic E-state index is 13.6. The fourth-order valence-corrected chi connectivity index (χ4v) is 2.59. The van der Waals surface area contributed by atoms with E-state index >= 15 is 0 Å². The zero-order valence-electron chi connectivity index (χ0n) is 22.9. The molecule has 3 aromatic rings. The van der Waals surface area contributed by atoms with Crippen molar-refractivity contribution in [3.63, 3.8) is 0 Å². The number of amides is 1. The molecule has 0 unspecified atom stereocenters. The smallest absolute Gasteiger partial charge is 0.491 e. The number of carbonyl (C=O) groups is 1. The van der Waals surface area contributed by atoms with Gasteiger partial charge in [-0.3, -0.25) is 4.79 Å². The Labute approximate surface area is 181 Å². The summed E-state index contributed by atoms with van der Waals surface area (Å²) in [7, 11) is 0. The van der Waals surface area contributed by atoms with Crippen molar-refractivity contribution in [2.45, 2.75) is 12.9 Å². The highest BCUT2D eigenvalue weighted by molar-refractivity contribution is 5.98. The molecule has 2 aromatic carbocycles. The van der Waals surface area contributed by atoms with Crippen molar-refractivity contribution < 1.29 is 38.4 Å². The van der Waals surface area contributed by atoms with E-state index in [1.165, 1.54) is 0 Å². The van der Waals surface area contributed by atoms with Crippen LogP contribution in [0.25, 0.3) is 11.1 Å². The Morgan fingerprint density at radius 1 is 1.17 bits per heavy atom. The second kappa shape index (κ2) is 8.02. The molecule has 2 heterocycles. The zero-order chi connectivity index (χ0) is 28.2. The summed E-state index contributed by atoms with van der Waals surface area (Å²) in [6.07, 6.45) is -6.42. The van der Waals surface area contributed by atoms with E-state index in [1.54, 1.807) is 0 Å². The lowest BCUT2D eigenvalue weighted by atomic mass is 10.0. The summed E-state index contributed by atoms with van der Waals surface area (Å²) in [4.78, 5) is 21.3. The Balaban J connectivity index is 1.82. The van der Waals surface area contributed by atoms with Crippen LogP contribution in [0.2, 0.25) is 0 Å². The lowest BCUT2D eigenvalue weighted by Crippen LogP contribution is -2.32. The Bertz CT molecular complexity index is 1420. The maximum atomic E-state index is 13.6. The van der Waals surface area contributed by atoms with Gasteiger partial charge in [-0.1, -0.05) is 18.2 Å². The first-order chi connectivity index (χ1) is 17.6. The minimum atomic E-state index is -4.94. The monoisotopic (exact) mass is 423 g/mol. The third-order valence-electron chi connectivity index (χ3n) is 3.85.